The van der Waals surface area contributed by atoms with E-state index in [0.717, 1.165) is 10.8 Å². The van der Waals surface area contributed by atoms with Crippen LogP contribution in [0.1, 0.15) is 24.8 Å². The van der Waals surface area contributed by atoms with Gasteiger partial charge in [-0.2, -0.15) is 0 Å². The summed E-state index contributed by atoms with van der Waals surface area (Å²) in [7, 11) is -2.23. The lowest BCUT2D eigenvalue weighted by atomic mass is 10.1. The maximum Gasteiger partial charge on any atom is 0.224 e. The summed E-state index contributed by atoms with van der Waals surface area (Å²) in [5.74, 6) is 0.418. The molecule has 0 radical (unpaired) electrons. The fourth-order valence-corrected chi connectivity index (χ4v) is 8.83. The van der Waals surface area contributed by atoms with Crippen LogP contribution in [0.5, 0.6) is 11.5 Å². The first kappa shape index (κ1) is 32.7. The van der Waals surface area contributed by atoms with Gasteiger partial charge in [0.05, 0.1) is 28.6 Å². The Morgan fingerprint density at radius 2 is 1.98 bits per heavy atom. The van der Waals surface area contributed by atoms with E-state index in [9.17, 15) is 27.8 Å². The van der Waals surface area contributed by atoms with Crippen LogP contribution in [-0.2, 0) is 20.3 Å². The molecule has 2 unspecified atom stereocenters. The van der Waals surface area contributed by atoms with Crippen molar-refractivity contribution in [2.24, 2.45) is 0 Å². The van der Waals surface area contributed by atoms with Crippen molar-refractivity contribution in [3.63, 3.8) is 0 Å². The lowest BCUT2D eigenvalue weighted by Gasteiger charge is -2.17. The molecule has 5 rings (SSSR count). The van der Waals surface area contributed by atoms with Gasteiger partial charge in [0, 0.05) is 28.8 Å². The van der Waals surface area contributed by atoms with Gasteiger partial charge in [-0.3, -0.25) is 4.79 Å². The third-order valence-corrected chi connectivity index (χ3v) is 11.1. The van der Waals surface area contributed by atoms with E-state index in [1.165, 1.54) is 18.5 Å². The Labute approximate surface area is 267 Å². The average Bonchev–Trinajstić information content (AvgIpc) is 3.37. The third kappa shape index (κ3) is 8.95. The largest absolute Gasteiger partial charge is 0.489 e. The fourth-order valence-electron chi connectivity index (χ4n) is 4.54. The smallest absolute Gasteiger partial charge is 0.224 e. The molecular weight excluding hydrogens is 647 g/mol. The molecular formula is C30H30ClFN4O7S2. The molecule has 4 N–H and O–H groups in total. The van der Waals surface area contributed by atoms with Crippen LogP contribution in [0.3, 0.4) is 0 Å². The molecule has 1 aromatic heterocycles. The number of anilines is 3. The van der Waals surface area contributed by atoms with Crippen molar-refractivity contribution >= 4 is 65.3 Å². The molecule has 3 aromatic carbocycles. The van der Waals surface area contributed by atoms with E-state index in [1.807, 2.05) is 0 Å². The van der Waals surface area contributed by atoms with Crippen molar-refractivity contribution in [2.45, 2.75) is 37.2 Å². The van der Waals surface area contributed by atoms with Crippen LogP contribution in [0.25, 0.3) is 10.9 Å². The summed E-state index contributed by atoms with van der Waals surface area (Å²) in [5, 5.41) is 25.7. The molecule has 45 heavy (non-hydrogen) atoms. The molecule has 11 nitrogen and oxygen atoms in total. The SMILES string of the molecule is O=C(CCC1CCS(=O)(=O)S1)Nc1cc2c(Nc3ccc(OCc4cccc(F)c4)c(Cl)c3)ncnc2cc1OCC(O)CO. The van der Waals surface area contributed by atoms with Gasteiger partial charge in [0.2, 0.25) is 14.8 Å². The molecule has 1 amide bonds. The molecule has 1 aliphatic heterocycles. The second-order valence-electron chi connectivity index (χ2n) is 10.3. The van der Waals surface area contributed by atoms with Crippen LogP contribution in [0.4, 0.5) is 21.6 Å². The molecule has 2 atom stereocenters. The fraction of sp³-hybridized carbons (Fsp3) is 0.300. The minimum Gasteiger partial charge on any atom is -0.489 e. The number of hydrogen-bond acceptors (Lipinski definition) is 11. The zero-order valence-electron chi connectivity index (χ0n) is 23.8. The Morgan fingerprint density at radius 1 is 1.13 bits per heavy atom. The van der Waals surface area contributed by atoms with Crippen molar-refractivity contribution in [1.82, 2.24) is 9.97 Å². The number of aromatic nitrogens is 2. The van der Waals surface area contributed by atoms with Crippen LogP contribution in [0, 0.1) is 5.82 Å². The summed E-state index contributed by atoms with van der Waals surface area (Å²) in [5.41, 5.74) is 1.98. The second-order valence-corrected chi connectivity index (χ2v) is 15.2. The van der Waals surface area contributed by atoms with E-state index in [4.69, 9.17) is 21.1 Å². The molecule has 238 valence electrons. The van der Waals surface area contributed by atoms with E-state index in [1.54, 1.807) is 42.5 Å². The van der Waals surface area contributed by atoms with Crippen LogP contribution >= 0.6 is 22.4 Å². The summed E-state index contributed by atoms with van der Waals surface area (Å²) in [6, 6.07) is 14.3. The maximum atomic E-state index is 13.5. The molecule has 1 saturated heterocycles. The number of halogens is 2. The summed E-state index contributed by atoms with van der Waals surface area (Å²) in [6.07, 6.45) is 1.19. The number of carbonyl (C=O) groups excluding carboxylic acids is 1. The van der Waals surface area contributed by atoms with Crippen LogP contribution in [0.2, 0.25) is 5.02 Å². The van der Waals surface area contributed by atoms with Gasteiger partial charge in [-0.15, -0.1) is 0 Å². The lowest BCUT2D eigenvalue weighted by Crippen LogP contribution is -2.22. The molecule has 2 heterocycles. The number of benzene rings is 3. The minimum atomic E-state index is -3.13. The third-order valence-electron chi connectivity index (χ3n) is 6.80. The number of ether oxygens (including phenoxy) is 2. The van der Waals surface area contributed by atoms with Crippen molar-refractivity contribution in [3.05, 3.63) is 77.3 Å². The minimum absolute atomic E-state index is 0.0897. The number of nitrogens with one attached hydrogen (secondary N) is 2. The first-order valence-corrected chi connectivity index (χ1v) is 17.4. The van der Waals surface area contributed by atoms with Gasteiger partial charge in [0.1, 0.15) is 48.8 Å². The van der Waals surface area contributed by atoms with Crippen molar-refractivity contribution in [2.75, 3.05) is 29.6 Å². The number of amides is 1. The zero-order valence-corrected chi connectivity index (χ0v) is 26.2. The number of hydrogen-bond donors (Lipinski definition) is 4. The molecule has 1 aliphatic rings. The summed E-state index contributed by atoms with van der Waals surface area (Å²) >= 11 is 6.47. The quantitative estimate of drug-likeness (QED) is 0.141. The Bertz CT molecular complexity index is 1800. The highest BCUT2D eigenvalue weighted by Crippen LogP contribution is 2.37. The van der Waals surface area contributed by atoms with Gasteiger partial charge in [0.25, 0.3) is 0 Å². The van der Waals surface area contributed by atoms with E-state index >= 15 is 0 Å². The number of fused-ring (bicyclic) bond motifs is 1. The molecule has 0 bridgehead atoms. The highest BCUT2D eigenvalue weighted by molar-refractivity contribution is 8.72. The maximum absolute atomic E-state index is 13.5. The van der Waals surface area contributed by atoms with Crippen molar-refractivity contribution < 1.29 is 37.3 Å². The van der Waals surface area contributed by atoms with Gasteiger partial charge in [-0.1, -0.05) is 23.7 Å². The molecule has 0 saturated carbocycles. The van der Waals surface area contributed by atoms with Crippen LogP contribution in [0.15, 0.2) is 60.9 Å². The van der Waals surface area contributed by atoms with Gasteiger partial charge in [-0.05, 0) is 65.6 Å². The highest BCUT2D eigenvalue weighted by atomic mass is 35.5. The first-order chi connectivity index (χ1) is 21.6. The molecule has 15 heteroatoms. The summed E-state index contributed by atoms with van der Waals surface area (Å²) in [4.78, 5) is 21.6. The number of rotatable bonds is 13. The molecule has 4 aromatic rings. The zero-order chi connectivity index (χ0) is 32.0. The molecule has 1 fully saturated rings. The number of nitrogens with zero attached hydrogens (tertiary/aromatic N) is 2. The van der Waals surface area contributed by atoms with E-state index < -0.39 is 21.6 Å². The lowest BCUT2D eigenvalue weighted by molar-refractivity contribution is -0.116. The normalized spacial score (nSPS) is 16.3. The van der Waals surface area contributed by atoms with E-state index in [0.29, 0.717) is 51.6 Å². The monoisotopic (exact) mass is 676 g/mol. The van der Waals surface area contributed by atoms with Gasteiger partial charge >= 0.3 is 0 Å². The molecule has 0 aliphatic carbocycles. The Morgan fingerprint density at radius 3 is 2.71 bits per heavy atom. The van der Waals surface area contributed by atoms with E-state index in [-0.39, 0.29) is 53.8 Å². The average molecular weight is 677 g/mol. The van der Waals surface area contributed by atoms with E-state index in [2.05, 4.69) is 20.6 Å². The van der Waals surface area contributed by atoms with Crippen molar-refractivity contribution in [1.29, 1.82) is 0 Å². The predicted octanol–water partition coefficient (Wildman–Crippen LogP) is 5.03. The number of aliphatic hydroxyl groups is 2. The van der Waals surface area contributed by atoms with Gasteiger partial charge < -0.3 is 30.3 Å². The summed E-state index contributed by atoms with van der Waals surface area (Å²) in [6.45, 7) is -0.609. The standard InChI is InChI=1S/C30H30ClFN4O7S2/c31-24-11-20(4-6-27(24)42-15-18-2-1-3-19(32)10-18)35-30-23-12-26(36-29(39)7-5-22-8-9-45(40,41)44-22)28(43-16-21(38)14-37)13-25(23)33-17-34-30/h1-4,6,10-13,17,21-22,37-38H,5,7-9,14-16H2,(H,36,39)(H,33,34,35). The second kappa shape index (κ2) is 14.6. The Balaban J connectivity index is 1.34. The van der Waals surface area contributed by atoms with Crippen molar-refractivity contribution in [3.8, 4) is 11.5 Å². The van der Waals surface area contributed by atoms with Crippen LogP contribution in [-0.4, -0.2) is 64.8 Å². The predicted molar refractivity (Wildman–Crippen MR) is 171 cm³/mol. The number of carbonyl (C=O) groups is 1. The van der Waals surface area contributed by atoms with Crippen LogP contribution < -0.4 is 20.1 Å². The van der Waals surface area contributed by atoms with Gasteiger partial charge in [-0.25, -0.2) is 22.8 Å². The number of aliphatic hydroxyl groups excluding tert-OH is 2. The molecule has 0 spiro atoms. The first-order valence-electron chi connectivity index (χ1n) is 13.9. The topological polar surface area (TPSA) is 160 Å². The van der Waals surface area contributed by atoms with Gasteiger partial charge in [0.15, 0.2) is 0 Å². The Hall–Kier alpha value is -3.69. The summed E-state index contributed by atoms with van der Waals surface area (Å²) < 4.78 is 48.5. The Kier molecular flexibility index (Phi) is 10.6. The highest BCUT2D eigenvalue weighted by Gasteiger charge is 2.29.